The first-order valence-corrected chi connectivity index (χ1v) is 11.0. The lowest BCUT2D eigenvalue weighted by Gasteiger charge is -2.28. The van der Waals surface area contributed by atoms with Gasteiger partial charge < -0.3 is 15.2 Å². The molecule has 1 fully saturated rings. The minimum atomic E-state index is -4.52. The molecule has 1 aliphatic heterocycles. The van der Waals surface area contributed by atoms with Crippen LogP contribution in [0.1, 0.15) is 48.7 Å². The number of hydrogen-bond acceptors (Lipinski definition) is 5. The number of amides is 2. The molecule has 8 nitrogen and oxygen atoms in total. The van der Waals surface area contributed by atoms with Gasteiger partial charge in [0.15, 0.2) is 0 Å². The van der Waals surface area contributed by atoms with Gasteiger partial charge in [0.2, 0.25) is 5.91 Å². The Morgan fingerprint density at radius 2 is 1.81 bits per heavy atom. The maximum absolute atomic E-state index is 14.0. The van der Waals surface area contributed by atoms with Crippen molar-refractivity contribution < 1.29 is 41.8 Å². The van der Waals surface area contributed by atoms with Gasteiger partial charge in [-0.15, -0.1) is 0 Å². The molecule has 2 aromatic rings. The van der Waals surface area contributed by atoms with E-state index >= 15 is 0 Å². The van der Waals surface area contributed by atoms with E-state index in [-0.39, 0.29) is 35.3 Å². The second kappa shape index (κ2) is 10.1. The minimum absolute atomic E-state index is 0.0449. The first-order valence-electron chi connectivity index (χ1n) is 11.0. The van der Waals surface area contributed by atoms with Gasteiger partial charge in [0, 0.05) is 18.2 Å². The third kappa shape index (κ3) is 6.70. The quantitative estimate of drug-likeness (QED) is 0.575. The Morgan fingerprint density at radius 3 is 2.36 bits per heavy atom. The normalized spacial score (nSPS) is 18.1. The van der Waals surface area contributed by atoms with Crippen LogP contribution in [0.25, 0.3) is 11.3 Å². The summed E-state index contributed by atoms with van der Waals surface area (Å²) in [7, 11) is 0. The fourth-order valence-corrected chi connectivity index (χ4v) is 3.68. The minimum Gasteiger partial charge on any atom is -0.478 e. The van der Waals surface area contributed by atoms with Crippen LogP contribution in [0.15, 0.2) is 36.5 Å². The highest BCUT2D eigenvalue weighted by Gasteiger charge is 2.38. The fourth-order valence-electron chi connectivity index (χ4n) is 3.68. The first kappa shape index (κ1) is 26.9. The van der Waals surface area contributed by atoms with Gasteiger partial charge in [0.1, 0.15) is 17.9 Å². The molecule has 2 atom stereocenters. The first-order chi connectivity index (χ1) is 16.6. The SMILES string of the molecule is CC(C)(C)OC(=O)N1C[C@H](F)C[C@H]1NC(=O)Cc1cc(-c2ccc(C(F)(F)F)cc2)ncc1C(=O)O. The number of hydrogen-bond donors (Lipinski definition) is 2. The summed E-state index contributed by atoms with van der Waals surface area (Å²) in [6.07, 6.45) is -7.30. The highest BCUT2D eigenvalue weighted by molar-refractivity contribution is 5.92. The highest BCUT2D eigenvalue weighted by atomic mass is 19.4. The summed E-state index contributed by atoms with van der Waals surface area (Å²) in [5.74, 6) is -2.04. The van der Waals surface area contributed by atoms with Crippen molar-refractivity contribution in [2.24, 2.45) is 0 Å². The number of ether oxygens (including phenoxy) is 1. The topological polar surface area (TPSA) is 109 Å². The van der Waals surface area contributed by atoms with E-state index in [4.69, 9.17) is 4.74 Å². The molecule has 0 radical (unpaired) electrons. The Bertz CT molecular complexity index is 1150. The van der Waals surface area contributed by atoms with Gasteiger partial charge in [0.25, 0.3) is 0 Å². The summed E-state index contributed by atoms with van der Waals surface area (Å²) >= 11 is 0. The second-order valence-corrected chi connectivity index (χ2v) is 9.33. The Balaban J connectivity index is 1.80. The summed E-state index contributed by atoms with van der Waals surface area (Å²) in [4.78, 5) is 41.9. The molecule has 1 aromatic heterocycles. The van der Waals surface area contributed by atoms with E-state index in [1.54, 1.807) is 20.8 Å². The monoisotopic (exact) mass is 511 g/mol. The molecule has 1 aliphatic rings. The van der Waals surface area contributed by atoms with Gasteiger partial charge in [0.05, 0.1) is 29.8 Å². The number of likely N-dealkylation sites (tertiary alicyclic amines) is 1. The number of nitrogens with one attached hydrogen (secondary N) is 1. The van der Waals surface area contributed by atoms with Crippen molar-refractivity contribution in [1.82, 2.24) is 15.2 Å². The molecule has 2 amide bonds. The largest absolute Gasteiger partial charge is 0.478 e. The number of carboxylic acids is 1. The molecule has 0 bridgehead atoms. The average molecular weight is 511 g/mol. The number of aromatic nitrogens is 1. The molecule has 2 heterocycles. The van der Waals surface area contributed by atoms with Crippen molar-refractivity contribution in [1.29, 1.82) is 0 Å². The molecule has 0 aliphatic carbocycles. The van der Waals surface area contributed by atoms with E-state index in [9.17, 15) is 37.1 Å². The predicted octanol–water partition coefficient (Wildman–Crippen LogP) is 4.43. The number of carbonyl (C=O) groups is 3. The van der Waals surface area contributed by atoms with Gasteiger partial charge >= 0.3 is 18.2 Å². The number of nitrogens with zero attached hydrogens (tertiary/aromatic N) is 2. The summed E-state index contributed by atoms with van der Waals surface area (Å²) in [5.41, 5.74) is -1.47. The zero-order chi connectivity index (χ0) is 26.8. The van der Waals surface area contributed by atoms with Crippen LogP contribution >= 0.6 is 0 Å². The Morgan fingerprint density at radius 1 is 1.17 bits per heavy atom. The number of benzene rings is 1. The Labute approximate surface area is 204 Å². The van der Waals surface area contributed by atoms with Crippen molar-refractivity contribution in [2.45, 2.75) is 57.7 Å². The number of carboxylic acid groups (broad SMARTS) is 1. The Kier molecular flexibility index (Phi) is 7.56. The van der Waals surface area contributed by atoms with Crippen LogP contribution in [0.3, 0.4) is 0 Å². The molecule has 36 heavy (non-hydrogen) atoms. The molecule has 0 saturated carbocycles. The van der Waals surface area contributed by atoms with Crippen LogP contribution < -0.4 is 5.32 Å². The molecule has 3 rings (SSSR count). The maximum atomic E-state index is 14.0. The van der Waals surface area contributed by atoms with E-state index in [2.05, 4.69) is 10.3 Å². The van der Waals surface area contributed by atoms with Crippen molar-refractivity contribution in [3.05, 3.63) is 53.2 Å². The van der Waals surface area contributed by atoms with E-state index in [1.807, 2.05) is 0 Å². The predicted molar refractivity (Wildman–Crippen MR) is 120 cm³/mol. The van der Waals surface area contributed by atoms with Crippen molar-refractivity contribution in [3.8, 4) is 11.3 Å². The molecule has 194 valence electrons. The van der Waals surface area contributed by atoms with Gasteiger partial charge in [-0.2, -0.15) is 13.2 Å². The standard InChI is InChI=1S/C24H25F4N3O5/c1-23(2,3)36-22(35)31-12-16(25)10-19(31)30-20(32)9-14-8-18(29-11-17(14)21(33)34)13-4-6-15(7-5-13)24(26,27)28/h4-8,11,16,19H,9-10,12H2,1-3H3,(H,30,32)(H,33,34)/t16-,19+/m1/s1. The van der Waals surface area contributed by atoms with Crippen LogP contribution in [0, 0.1) is 0 Å². The molecular weight excluding hydrogens is 486 g/mol. The number of carbonyl (C=O) groups excluding carboxylic acids is 2. The molecule has 1 aromatic carbocycles. The average Bonchev–Trinajstić information content (AvgIpc) is 3.11. The fraction of sp³-hybridized carbons (Fsp3) is 0.417. The van der Waals surface area contributed by atoms with Crippen molar-refractivity contribution in [2.75, 3.05) is 6.54 Å². The molecule has 0 spiro atoms. The molecule has 2 N–H and O–H groups in total. The van der Waals surface area contributed by atoms with Crippen molar-refractivity contribution >= 4 is 18.0 Å². The molecule has 0 unspecified atom stereocenters. The third-order valence-electron chi connectivity index (χ3n) is 5.28. The molecular formula is C24H25F4N3O5. The van der Waals surface area contributed by atoms with Gasteiger partial charge in [-0.1, -0.05) is 12.1 Å². The lowest BCUT2D eigenvalue weighted by molar-refractivity contribution is -0.137. The summed E-state index contributed by atoms with van der Waals surface area (Å²) in [6, 6.07) is 5.41. The van der Waals surface area contributed by atoms with Crippen LogP contribution in [0.2, 0.25) is 0 Å². The van der Waals surface area contributed by atoms with Crippen LogP contribution in [-0.2, 0) is 22.1 Å². The van der Waals surface area contributed by atoms with E-state index < -0.39 is 54.1 Å². The zero-order valence-electron chi connectivity index (χ0n) is 19.7. The molecule has 12 heteroatoms. The number of alkyl halides is 4. The zero-order valence-corrected chi connectivity index (χ0v) is 19.7. The lowest BCUT2D eigenvalue weighted by Crippen LogP contribution is -2.49. The van der Waals surface area contributed by atoms with Crippen LogP contribution in [0.5, 0.6) is 0 Å². The van der Waals surface area contributed by atoms with Gasteiger partial charge in [-0.05, 0) is 44.5 Å². The Hall–Kier alpha value is -3.70. The van der Waals surface area contributed by atoms with E-state index in [1.165, 1.54) is 18.2 Å². The smallest absolute Gasteiger partial charge is 0.416 e. The summed E-state index contributed by atoms with van der Waals surface area (Å²) in [5, 5.41) is 12.0. The van der Waals surface area contributed by atoms with Crippen LogP contribution in [-0.4, -0.2) is 57.4 Å². The van der Waals surface area contributed by atoms with Crippen molar-refractivity contribution in [3.63, 3.8) is 0 Å². The van der Waals surface area contributed by atoms with Gasteiger partial charge in [-0.25, -0.2) is 14.0 Å². The molecule has 1 saturated heterocycles. The second-order valence-electron chi connectivity index (χ2n) is 9.33. The number of pyridine rings is 1. The maximum Gasteiger partial charge on any atom is 0.416 e. The lowest BCUT2D eigenvalue weighted by atomic mass is 10.0. The number of rotatable bonds is 5. The summed E-state index contributed by atoms with van der Waals surface area (Å²) < 4.78 is 57.8. The number of halogens is 4. The van der Waals surface area contributed by atoms with E-state index in [0.717, 1.165) is 23.2 Å². The highest BCUT2D eigenvalue weighted by Crippen LogP contribution is 2.31. The summed E-state index contributed by atoms with van der Waals surface area (Å²) in [6.45, 7) is 4.67. The van der Waals surface area contributed by atoms with Gasteiger partial charge in [-0.3, -0.25) is 14.7 Å². The third-order valence-corrected chi connectivity index (χ3v) is 5.28. The van der Waals surface area contributed by atoms with E-state index in [0.29, 0.717) is 0 Å². The number of aromatic carboxylic acids is 1. The van der Waals surface area contributed by atoms with Crippen LogP contribution in [0.4, 0.5) is 22.4 Å².